The van der Waals surface area contributed by atoms with Crippen molar-refractivity contribution in [2.75, 3.05) is 0 Å². The monoisotopic (exact) mass is 345 g/mol. The first-order valence-corrected chi connectivity index (χ1v) is 8.99. The maximum Gasteiger partial charge on any atom is 0.241 e. The van der Waals surface area contributed by atoms with Gasteiger partial charge >= 0.3 is 0 Å². The number of hydrogen-bond acceptors (Lipinski definition) is 4. The Morgan fingerprint density at radius 3 is 2.62 bits per heavy atom. The zero-order valence-electron chi connectivity index (χ0n) is 11.6. The Hall–Kier alpha value is -0.920. The summed E-state index contributed by atoms with van der Waals surface area (Å²) in [5, 5.41) is 9.15. The fourth-order valence-corrected chi connectivity index (χ4v) is 4.60. The van der Waals surface area contributed by atoms with Crippen molar-refractivity contribution in [3.05, 3.63) is 50.7 Å². The molecule has 21 heavy (non-hydrogen) atoms. The van der Waals surface area contributed by atoms with Crippen molar-refractivity contribution in [1.29, 1.82) is 0 Å². The highest BCUT2D eigenvalue weighted by Crippen LogP contribution is 2.28. The molecule has 2 rings (SSSR count). The minimum Gasteiger partial charge on any atom is -0.392 e. The number of aliphatic hydroxyl groups excluding tert-OH is 1. The normalized spacial score (nSPS) is 13.3. The van der Waals surface area contributed by atoms with Crippen LogP contribution in [-0.2, 0) is 16.6 Å². The van der Waals surface area contributed by atoms with Crippen molar-refractivity contribution in [2.45, 2.75) is 31.4 Å². The molecule has 0 saturated heterocycles. The summed E-state index contributed by atoms with van der Waals surface area (Å²) >= 11 is 7.21. The lowest BCUT2D eigenvalue weighted by molar-refractivity contribution is 0.281. The Morgan fingerprint density at radius 2 is 2.05 bits per heavy atom. The van der Waals surface area contributed by atoms with Gasteiger partial charge in [0, 0.05) is 4.88 Å². The van der Waals surface area contributed by atoms with E-state index in [4.69, 9.17) is 16.7 Å². The number of hydrogen-bond donors (Lipinski definition) is 2. The molecule has 1 heterocycles. The van der Waals surface area contributed by atoms with Crippen LogP contribution in [0.1, 0.15) is 29.0 Å². The summed E-state index contributed by atoms with van der Waals surface area (Å²) in [6, 6.07) is 8.06. The van der Waals surface area contributed by atoms with Gasteiger partial charge in [-0.3, -0.25) is 0 Å². The third-order valence-corrected chi connectivity index (χ3v) is 6.17. The summed E-state index contributed by atoms with van der Waals surface area (Å²) in [6.45, 7) is 3.30. The molecule has 1 aromatic heterocycles. The van der Waals surface area contributed by atoms with Crippen LogP contribution in [0.2, 0.25) is 4.34 Å². The molecule has 0 saturated carbocycles. The van der Waals surface area contributed by atoms with Gasteiger partial charge < -0.3 is 5.11 Å². The maximum absolute atomic E-state index is 12.5. The summed E-state index contributed by atoms with van der Waals surface area (Å²) < 4.78 is 28.2. The number of nitrogens with one attached hydrogen (secondary N) is 1. The van der Waals surface area contributed by atoms with Crippen molar-refractivity contribution >= 4 is 33.0 Å². The highest BCUT2D eigenvalue weighted by molar-refractivity contribution is 7.89. The standard InChI is InChI=1S/C14H16ClNO3S2/c1-9-3-4-11(8-17)7-13(9)21(18,19)16-10(2)12-5-6-14(15)20-12/h3-7,10,16-17H,8H2,1-2H3. The molecular formula is C14H16ClNO3S2. The van der Waals surface area contributed by atoms with E-state index in [-0.39, 0.29) is 17.5 Å². The third kappa shape index (κ3) is 3.84. The molecule has 1 aromatic carbocycles. The first-order valence-electron chi connectivity index (χ1n) is 6.31. The highest BCUT2D eigenvalue weighted by atomic mass is 35.5. The van der Waals surface area contributed by atoms with E-state index in [2.05, 4.69) is 4.72 Å². The first kappa shape index (κ1) is 16.5. The predicted octanol–water partition coefficient (Wildman–Crippen LogP) is 3.24. The van der Waals surface area contributed by atoms with Crippen molar-refractivity contribution in [3.63, 3.8) is 0 Å². The molecule has 0 radical (unpaired) electrons. The van der Waals surface area contributed by atoms with Gasteiger partial charge in [0.05, 0.1) is 21.9 Å². The second kappa shape index (κ2) is 6.46. The molecule has 0 bridgehead atoms. The van der Waals surface area contributed by atoms with Crippen LogP contribution in [0.3, 0.4) is 0 Å². The highest BCUT2D eigenvalue weighted by Gasteiger charge is 2.21. The first-order chi connectivity index (χ1) is 9.83. The second-order valence-electron chi connectivity index (χ2n) is 4.74. The lowest BCUT2D eigenvalue weighted by Gasteiger charge is -2.15. The lowest BCUT2D eigenvalue weighted by atomic mass is 10.2. The lowest BCUT2D eigenvalue weighted by Crippen LogP contribution is -2.27. The topological polar surface area (TPSA) is 66.4 Å². The molecule has 2 N–H and O–H groups in total. The molecule has 2 aromatic rings. The van der Waals surface area contributed by atoms with Crippen molar-refractivity contribution in [1.82, 2.24) is 4.72 Å². The summed E-state index contributed by atoms with van der Waals surface area (Å²) in [4.78, 5) is 1.03. The number of sulfonamides is 1. The maximum atomic E-state index is 12.5. The summed E-state index contributed by atoms with van der Waals surface area (Å²) in [5.41, 5.74) is 1.20. The van der Waals surface area contributed by atoms with E-state index >= 15 is 0 Å². The van der Waals surface area contributed by atoms with Gasteiger partial charge in [0.15, 0.2) is 0 Å². The molecule has 0 aliphatic carbocycles. The molecule has 7 heteroatoms. The molecule has 0 aliphatic rings. The summed E-state index contributed by atoms with van der Waals surface area (Å²) in [6.07, 6.45) is 0. The molecule has 114 valence electrons. The van der Waals surface area contributed by atoms with Gasteiger partial charge in [-0.05, 0) is 43.2 Å². The van der Waals surface area contributed by atoms with E-state index in [1.54, 1.807) is 38.1 Å². The summed E-state index contributed by atoms with van der Waals surface area (Å²) in [7, 11) is -3.66. The predicted molar refractivity (Wildman–Crippen MR) is 85.2 cm³/mol. The molecule has 0 spiro atoms. The van der Waals surface area contributed by atoms with Gasteiger partial charge in [0.2, 0.25) is 10.0 Å². The quantitative estimate of drug-likeness (QED) is 0.874. The smallest absolute Gasteiger partial charge is 0.241 e. The second-order valence-corrected chi connectivity index (χ2v) is 8.17. The zero-order chi connectivity index (χ0) is 15.6. The SMILES string of the molecule is Cc1ccc(CO)cc1S(=O)(=O)NC(C)c1ccc(Cl)s1. The molecule has 0 fully saturated rings. The molecule has 4 nitrogen and oxygen atoms in total. The van der Waals surface area contributed by atoms with Gasteiger partial charge in [-0.2, -0.15) is 0 Å². The molecule has 1 unspecified atom stereocenters. The van der Waals surface area contributed by atoms with E-state index < -0.39 is 10.0 Å². The van der Waals surface area contributed by atoms with Gasteiger partial charge in [0.25, 0.3) is 0 Å². The van der Waals surface area contributed by atoms with Crippen molar-refractivity contribution in [2.24, 2.45) is 0 Å². The zero-order valence-corrected chi connectivity index (χ0v) is 14.0. The van der Waals surface area contributed by atoms with Crippen LogP contribution in [0.15, 0.2) is 35.2 Å². The van der Waals surface area contributed by atoms with E-state index in [0.717, 1.165) is 4.88 Å². The average Bonchev–Trinajstić information content (AvgIpc) is 2.85. The van der Waals surface area contributed by atoms with Crippen LogP contribution >= 0.6 is 22.9 Å². The number of benzene rings is 1. The number of aliphatic hydroxyl groups is 1. The Bertz CT molecular complexity index is 740. The average molecular weight is 346 g/mol. The van der Waals surface area contributed by atoms with E-state index in [1.807, 2.05) is 0 Å². The number of rotatable bonds is 5. The Morgan fingerprint density at radius 1 is 1.33 bits per heavy atom. The van der Waals surface area contributed by atoms with Crippen LogP contribution in [-0.4, -0.2) is 13.5 Å². The Labute approximate surface area is 133 Å². The fourth-order valence-electron chi connectivity index (χ4n) is 1.95. The van der Waals surface area contributed by atoms with Crippen LogP contribution < -0.4 is 4.72 Å². The Kier molecular flexibility index (Phi) is 5.06. The van der Waals surface area contributed by atoms with Crippen LogP contribution in [0.25, 0.3) is 0 Å². The fraction of sp³-hybridized carbons (Fsp3) is 0.286. The van der Waals surface area contributed by atoms with Gasteiger partial charge in [-0.25, -0.2) is 13.1 Å². The number of thiophene rings is 1. The number of aryl methyl sites for hydroxylation is 1. The van der Waals surface area contributed by atoms with Gasteiger partial charge in [-0.1, -0.05) is 23.7 Å². The van der Waals surface area contributed by atoms with E-state index in [1.165, 1.54) is 17.4 Å². The molecule has 0 aliphatic heterocycles. The van der Waals surface area contributed by atoms with E-state index in [9.17, 15) is 8.42 Å². The van der Waals surface area contributed by atoms with Crippen LogP contribution in [0.5, 0.6) is 0 Å². The van der Waals surface area contributed by atoms with E-state index in [0.29, 0.717) is 15.5 Å². The largest absolute Gasteiger partial charge is 0.392 e. The Balaban J connectivity index is 2.30. The van der Waals surface area contributed by atoms with Crippen molar-refractivity contribution < 1.29 is 13.5 Å². The molecule has 1 atom stereocenters. The third-order valence-electron chi connectivity index (χ3n) is 3.08. The van der Waals surface area contributed by atoms with Gasteiger partial charge in [0.1, 0.15) is 0 Å². The van der Waals surface area contributed by atoms with Crippen LogP contribution in [0.4, 0.5) is 0 Å². The minimum absolute atomic E-state index is 0.184. The minimum atomic E-state index is -3.66. The van der Waals surface area contributed by atoms with Gasteiger partial charge in [-0.15, -0.1) is 11.3 Å². The summed E-state index contributed by atoms with van der Waals surface area (Å²) in [5.74, 6) is 0. The molecule has 0 amide bonds. The molecular weight excluding hydrogens is 330 g/mol. The van der Waals surface area contributed by atoms with Crippen molar-refractivity contribution in [3.8, 4) is 0 Å². The number of halogens is 1. The van der Waals surface area contributed by atoms with Crippen LogP contribution in [0, 0.1) is 6.92 Å².